The highest BCUT2D eigenvalue weighted by Crippen LogP contribution is 2.35. The number of amides is 1. The Bertz CT molecular complexity index is 1120. The number of para-hydroxylation sites is 2. The van der Waals surface area contributed by atoms with E-state index in [-0.39, 0.29) is 5.69 Å². The number of aromatic nitrogens is 4. The molecule has 1 amide bonds. The van der Waals surface area contributed by atoms with Crippen LogP contribution in [0.25, 0.3) is 5.69 Å². The van der Waals surface area contributed by atoms with Gasteiger partial charge in [0.2, 0.25) is 5.13 Å². The molecular weight excluding hydrogens is 406 g/mol. The van der Waals surface area contributed by atoms with E-state index in [0.29, 0.717) is 22.5 Å². The van der Waals surface area contributed by atoms with Gasteiger partial charge in [-0.25, -0.2) is 0 Å². The molecule has 1 aromatic carbocycles. The molecule has 1 saturated carbocycles. The van der Waals surface area contributed by atoms with Gasteiger partial charge >= 0.3 is 0 Å². The molecule has 2 N–H and O–H groups in total. The summed E-state index contributed by atoms with van der Waals surface area (Å²) in [6.07, 6.45) is 5.75. The number of nitrogens with one attached hydrogen (secondary N) is 1. The van der Waals surface area contributed by atoms with E-state index in [0.717, 1.165) is 28.6 Å². The molecule has 30 heavy (non-hydrogen) atoms. The summed E-state index contributed by atoms with van der Waals surface area (Å²) >= 11 is 1.33. The fourth-order valence-electron chi connectivity index (χ4n) is 3.54. The quantitative estimate of drug-likeness (QED) is 0.642. The van der Waals surface area contributed by atoms with Crippen LogP contribution in [0.2, 0.25) is 0 Å². The summed E-state index contributed by atoms with van der Waals surface area (Å²) in [5.41, 5.74) is -0.534. The molecule has 10 heteroatoms. The highest BCUT2D eigenvalue weighted by atomic mass is 32.1. The molecule has 0 atom stereocenters. The molecule has 0 saturated heterocycles. The molecule has 4 rings (SSSR count). The molecule has 0 aliphatic heterocycles. The van der Waals surface area contributed by atoms with Gasteiger partial charge in [-0.2, -0.15) is 9.78 Å². The molecular formula is C20H21N5O4S. The molecule has 2 heterocycles. The van der Waals surface area contributed by atoms with Crippen LogP contribution in [0.1, 0.15) is 53.5 Å². The van der Waals surface area contributed by atoms with Crippen LogP contribution in [-0.2, 0) is 0 Å². The summed E-state index contributed by atoms with van der Waals surface area (Å²) in [6, 6.07) is 7.71. The maximum atomic E-state index is 12.7. The van der Waals surface area contributed by atoms with Crippen molar-refractivity contribution in [3.05, 3.63) is 51.4 Å². The van der Waals surface area contributed by atoms with Crippen LogP contribution in [0.4, 0.5) is 5.13 Å². The molecule has 156 valence electrons. The molecule has 2 aromatic heterocycles. The fraction of sp³-hybridized carbons (Fsp3) is 0.350. The molecule has 0 radical (unpaired) electrons. The lowest BCUT2D eigenvalue weighted by Crippen LogP contribution is -2.25. The van der Waals surface area contributed by atoms with Crippen molar-refractivity contribution < 1.29 is 14.6 Å². The van der Waals surface area contributed by atoms with E-state index in [4.69, 9.17) is 4.74 Å². The number of benzene rings is 1. The third-order valence-corrected chi connectivity index (χ3v) is 6.06. The van der Waals surface area contributed by atoms with E-state index in [2.05, 4.69) is 20.6 Å². The number of carbonyl (C=O) groups is 1. The van der Waals surface area contributed by atoms with Gasteiger partial charge in [-0.1, -0.05) is 42.7 Å². The van der Waals surface area contributed by atoms with Crippen molar-refractivity contribution in [3.8, 4) is 17.2 Å². The van der Waals surface area contributed by atoms with Crippen molar-refractivity contribution in [2.75, 3.05) is 12.4 Å². The van der Waals surface area contributed by atoms with Gasteiger partial charge in [0.25, 0.3) is 11.5 Å². The molecule has 0 bridgehead atoms. The van der Waals surface area contributed by atoms with Gasteiger partial charge in [0.1, 0.15) is 16.4 Å². The topological polar surface area (TPSA) is 119 Å². The van der Waals surface area contributed by atoms with Crippen LogP contribution in [0, 0.1) is 0 Å². The third kappa shape index (κ3) is 4.04. The Morgan fingerprint density at radius 2 is 2.00 bits per heavy atom. The summed E-state index contributed by atoms with van der Waals surface area (Å²) in [6.45, 7) is 0. The Morgan fingerprint density at radius 1 is 1.23 bits per heavy atom. The van der Waals surface area contributed by atoms with E-state index in [1.807, 2.05) is 0 Å². The zero-order valence-corrected chi connectivity index (χ0v) is 17.2. The number of aromatic hydroxyl groups is 1. The van der Waals surface area contributed by atoms with Crippen molar-refractivity contribution in [2.45, 2.75) is 38.0 Å². The molecule has 1 aliphatic carbocycles. The molecule has 0 unspecified atom stereocenters. The minimum Gasteiger partial charge on any atom is -0.505 e. The average molecular weight is 427 g/mol. The van der Waals surface area contributed by atoms with Gasteiger partial charge < -0.3 is 9.84 Å². The number of hydrogen-bond acceptors (Lipinski definition) is 8. The molecule has 3 aromatic rings. The predicted octanol–water partition coefficient (Wildman–Crippen LogP) is 3.10. The summed E-state index contributed by atoms with van der Waals surface area (Å²) in [4.78, 5) is 25.1. The fourth-order valence-corrected chi connectivity index (χ4v) is 4.45. The maximum Gasteiger partial charge on any atom is 0.281 e. The second-order valence-electron chi connectivity index (χ2n) is 7.03. The number of anilines is 1. The maximum absolute atomic E-state index is 12.7. The first-order chi connectivity index (χ1) is 14.6. The van der Waals surface area contributed by atoms with Crippen LogP contribution in [-0.4, -0.2) is 38.1 Å². The summed E-state index contributed by atoms with van der Waals surface area (Å²) in [5, 5.41) is 26.3. The number of rotatable bonds is 5. The minimum atomic E-state index is -0.678. The van der Waals surface area contributed by atoms with E-state index in [9.17, 15) is 14.7 Å². The lowest BCUT2D eigenvalue weighted by Gasteiger charge is -2.18. The van der Waals surface area contributed by atoms with Gasteiger partial charge in [-0.05, 0) is 25.0 Å². The smallest absolute Gasteiger partial charge is 0.281 e. The van der Waals surface area contributed by atoms with Crippen LogP contribution >= 0.6 is 11.3 Å². The first kappa shape index (κ1) is 20.0. The Hall–Kier alpha value is -3.27. The van der Waals surface area contributed by atoms with Gasteiger partial charge in [0, 0.05) is 12.0 Å². The minimum absolute atomic E-state index is 0.296. The number of hydrogen-bond donors (Lipinski definition) is 2. The molecule has 9 nitrogen and oxygen atoms in total. The van der Waals surface area contributed by atoms with E-state index < -0.39 is 17.2 Å². The molecule has 1 aliphatic rings. The average Bonchev–Trinajstić information content (AvgIpc) is 3.23. The van der Waals surface area contributed by atoms with Gasteiger partial charge in [0.15, 0.2) is 11.4 Å². The monoisotopic (exact) mass is 427 g/mol. The van der Waals surface area contributed by atoms with Crippen LogP contribution in [0.5, 0.6) is 11.5 Å². The Labute approximate surface area is 176 Å². The molecule has 0 spiro atoms. The Morgan fingerprint density at radius 3 is 2.77 bits per heavy atom. The zero-order chi connectivity index (χ0) is 21.1. The number of ether oxygens (including phenoxy) is 1. The second-order valence-corrected chi connectivity index (χ2v) is 8.04. The van der Waals surface area contributed by atoms with E-state index in [1.54, 1.807) is 24.3 Å². The highest BCUT2D eigenvalue weighted by Gasteiger charge is 2.22. The summed E-state index contributed by atoms with van der Waals surface area (Å²) in [7, 11) is 1.47. The van der Waals surface area contributed by atoms with Crippen LogP contribution < -0.4 is 15.6 Å². The van der Waals surface area contributed by atoms with Crippen LogP contribution in [0.3, 0.4) is 0 Å². The van der Waals surface area contributed by atoms with Gasteiger partial charge in [0.05, 0.1) is 7.11 Å². The van der Waals surface area contributed by atoms with Crippen molar-refractivity contribution in [2.24, 2.45) is 0 Å². The van der Waals surface area contributed by atoms with E-state index in [1.165, 1.54) is 37.7 Å². The number of methoxy groups -OCH3 is 1. The number of nitrogens with zero attached hydrogens (tertiary/aromatic N) is 4. The van der Waals surface area contributed by atoms with Gasteiger partial charge in [-0.15, -0.1) is 10.2 Å². The van der Waals surface area contributed by atoms with Gasteiger partial charge in [-0.3, -0.25) is 14.9 Å². The normalized spacial score (nSPS) is 14.4. The zero-order valence-electron chi connectivity index (χ0n) is 16.4. The Kier molecular flexibility index (Phi) is 5.75. The lowest BCUT2D eigenvalue weighted by atomic mass is 9.90. The SMILES string of the molecule is COc1ccccc1-n1nc(C(=O)Nc2nnc(C3CCCCC3)s2)c(O)cc1=O. The first-order valence-corrected chi connectivity index (χ1v) is 10.5. The largest absolute Gasteiger partial charge is 0.505 e. The summed E-state index contributed by atoms with van der Waals surface area (Å²) < 4.78 is 6.28. The van der Waals surface area contributed by atoms with Crippen molar-refractivity contribution >= 4 is 22.4 Å². The second kappa shape index (κ2) is 8.62. The standard InChI is InChI=1S/C20H21N5O4S/c1-29-15-10-6-5-9-13(15)25-16(27)11-14(26)17(24-25)18(28)21-20-23-22-19(30-20)12-7-3-2-4-8-12/h5-6,9-12,26H,2-4,7-8H2,1H3,(H,21,23,28). The van der Waals surface area contributed by atoms with Crippen LogP contribution in [0.15, 0.2) is 35.1 Å². The Balaban J connectivity index is 1.60. The molecule has 1 fully saturated rings. The highest BCUT2D eigenvalue weighted by molar-refractivity contribution is 7.15. The van der Waals surface area contributed by atoms with E-state index >= 15 is 0 Å². The predicted molar refractivity (Wildman–Crippen MR) is 112 cm³/mol. The summed E-state index contributed by atoms with van der Waals surface area (Å²) in [5.74, 6) is -0.408. The van der Waals surface area contributed by atoms with Crippen molar-refractivity contribution in [1.82, 2.24) is 20.0 Å². The first-order valence-electron chi connectivity index (χ1n) is 9.68. The van der Waals surface area contributed by atoms with Crippen molar-refractivity contribution in [1.29, 1.82) is 0 Å². The third-order valence-electron chi connectivity index (χ3n) is 5.06. The van der Waals surface area contributed by atoms with Crippen molar-refractivity contribution in [3.63, 3.8) is 0 Å². The number of carbonyl (C=O) groups excluding carboxylic acids is 1. The lowest BCUT2D eigenvalue weighted by molar-refractivity contribution is 0.101.